The molecule has 0 aliphatic rings. The Morgan fingerprint density at radius 3 is 2.44 bits per heavy atom. The van der Waals surface area contributed by atoms with Crippen molar-refractivity contribution < 1.29 is 14.6 Å². The first kappa shape index (κ1) is 23.7. The van der Waals surface area contributed by atoms with Crippen molar-refractivity contribution in [2.45, 2.75) is 46.6 Å². The molecule has 0 unspecified atom stereocenters. The zero-order valence-electron chi connectivity index (χ0n) is 20.0. The molecule has 1 aromatic heterocycles. The number of amides is 1. The third-order valence-electron chi connectivity index (χ3n) is 5.79. The third-order valence-corrected chi connectivity index (χ3v) is 5.79. The number of carbonyl (C=O) groups is 1. The van der Waals surface area contributed by atoms with Crippen LogP contribution in [-0.4, -0.2) is 35.8 Å². The molecule has 3 aromatic rings. The van der Waals surface area contributed by atoms with Gasteiger partial charge in [0.25, 0.3) is 5.91 Å². The average molecular weight is 438 g/mol. The van der Waals surface area contributed by atoms with E-state index in [0.717, 1.165) is 22.2 Å². The van der Waals surface area contributed by atoms with Crippen LogP contribution in [-0.2, 0) is 12.0 Å². The normalized spacial score (nSPS) is 12.2. The van der Waals surface area contributed by atoms with E-state index in [1.54, 1.807) is 7.11 Å². The number of benzene rings is 2. The number of rotatable bonds is 7. The largest absolute Gasteiger partial charge is 0.496 e. The van der Waals surface area contributed by atoms with Gasteiger partial charge in [-0.3, -0.25) is 4.79 Å². The number of nitrogens with one attached hydrogen (secondary N) is 1. The van der Waals surface area contributed by atoms with E-state index in [1.165, 1.54) is 5.56 Å². The molecule has 0 aliphatic heterocycles. The maximum absolute atomic E-state index is 13.2. The minimum absolute atomic E-state index is 0.00961. The highest BCUT2D eigenvalue weighted by molar-refractivity contribution is 5.99. The van der Waals surface area contributed by atoms with Crippen molar-refractivity contribution in [1.29, 1.82) is 0 Å². The molecule has 0 saturated carbocycles. The highest BCUT2D eigenvalue weighted by Crippen LogP contribution is 2.31. The summed E-state index contributed by atoms with van der Waals surface area (Å²) < 4.78 is 7.64. The fraction of sp³-hybridized carbons (Fsp3) is 0.423. The number of methoxy groups -OCH3 is 1. The van der Waals surface area contributed by atoms with Crippen LogP contribution < -0.4 is 15.8 Å². The van der Waals surface area contributed by atoms with Gasteiger partial charge in [0.15, 0.2) is 0 Å². The quantitative estimate of drug-likeness (QED) is 0.480. The summed E-state index contributed by atoms with van der Waals surface area (Å²) in [6.07, 6.45) is 0. The molecule has 32 heavy (non-hydrogen) atoms. The lowest BCUT2D eigenvalue weighted by Crippen LogP contribution is -2.36. The van der Waals surface area contributed by atoms with E-state index in [1.807, 2.05) is 48.7 Å². The molecule has 6 heteroatoms. The molecule has 0 radical (unpaired) electrons. The minimum atomic E-state index is -0.402. The summed E-state index contributed by atoms with van der Waals surface area (Å²) in [6.45, 7) is 11.2. The second kappa shape index (κ2) is 8.87. The Labute approximate surface area is 190 Å². The Morgan fingerprint density at radius 1 is 1.09 bits per heavy atom. The van der Waals surface area contributed by atoms with Gasteiger partial charge in [0.1, 0.15) is 11.4 Å². The molecule has 4 N–H and O–H groups in total. The molecular weight excluding hydrogens is 402 g/mol. The van der Waals surface area contributed by atoms with Crippen LogP contribution in [0.5, 0.6) is 5.75 Å². The second-order valence-corrected chi connectivity index (χ2v) is 10.2. The van der Waals surface area contributed by atoms with E-state index in [-0.39, 0.29) is 17.9 Å². The zero-order valence-corrected chi connectivity index (χ0v) is 20.0. The number of hydrogen-bond donors (Lipinski definition) is 3. The fourth-order valence-electron chi connectivity index (χ4n) is 3.65. The number of nitrogens with two attached hydrogens (primary N) is 1. The molecule has 0 atom stereocenters. The standard InChI is InChI=1S/C26H35N3O3/c1-25(2,3)19-7-10-23(32-6)18(11-19)14-29-21-9-8-20(27)12-17(21)13-22(29)24(31)28-15-26(4,5)16-30/h7-13,30H,14-16,27H2,1-6H3,(H,28,31). The van der Waals surface area contributed by atoms with Crippen molar-refractivity contribution in [3.05, 3.63) is 59.3 Å². The number of hydrogen-bond acceptors (Lipinski definition) is 4. The number of aliphatic hydroxyl groups excluding tert-OH is 1. The molecule has 0 aliphatic carbocycles. The summed E-state index contributed by atoms with van der Waals surface area (Å²) in [7, 11) is 1.66. The van der Waals surface area contributed by atoms with Crippen LogP contribution >= 0.6 is 0 Å². The smallest absolute Gasteiger partial charge is 0.267 e. The lowest BCUT2D eigenvalue weighted by Gasteiger charge is -2.23. The average Bonchev–Trinajstić information content (AvgIpc) is 3.08. The number of anilines is 1. The number of aliphatic hydroxyl groups is 1. The van der Waals surface area contributed by atoms with E-state index < -0.39 is 5.41 Å². The van der Waals surface area contributed by atoms with Crippen LogP contribution in [0, 0.1) is 5.41 Å². The molecule has 6 nitrogen and oxygen atoms in total. The fourth-order valence-corrected chi connectivity index (χ4v) is 3.65. The van der Waals surface area contributed by atoms with Crippen LogP contribution in [0.2, 0.25) is 0 Å². The molecule has 0 bridgehead atoms. The van der Waals surface area contributed by atoms with Crippen molar-refractivity contribution in [2.75, 3.05) is 26.0 Å². The Hall–Kier alpha value is -2.99. The van der Waals surface area contributed by atoms with E-state index in [9.17, 15) is 9.90 Å². The Balaban J connectivity index is 2.08. The number of aromatic nitrogens is 1. The number of carbonyl (C=O) groups excluding carboxylic acids is 1. The van der Waals surface area contributed by atoms with Crippen molar-refractivity contribution in [2.24, 2.45) is 5.41 Å². The third kappa shape index (κ3) is 5.07. The zero-order chi connectivity index (χ0) is 23.7. The molecule has 0 fully saturated rings. The van der Waals surface area contributed by atoms with Crippen molar-refractivity contribution in [1.82, 2.24) is 9.88 Å². The van der Waals surface area contributed by atoms with Gasteiger partial charge in [0, 0.05) is 40.7 Å². The van der Waals surface area contributed by atoms with Crippen LogP contribution in [0.15, 0.2) is 42.5 Å². The van der Waals surface area contributed by atoms with Crippen LogP contribution in [0.1, 0.15) is 56.2 Å². The van der Waals surface area contributed by atoms with Crippen LogP contribution in [0.25, 0.3) is 10.9 Å². The van der Waals surface area contributed by atoms with Gasteiger partial charge in [-0.25, -0.2) is 0 Å². The number of nitrogens with zero attached hydrogens (tertiary/aromatic N) is 1. The van der Waals surface area contributed by atoms with Crippen molar-refractivity contribution >= 4 is 22.5 Å². The van der Waals surface area contributed by atoms with Gasteiger partial charge >= 0.3 is 0 Å². The van der Waals surface area contributed by atoms with Gasteiger partial charge in [0.2, 0.25) is 0 Å². The maximum atomic E-state index is 13.2. The van der Waals surface area contributed by atoms with Crippen molar-refractivity contribution in [3.8, 4) is 5.75 Å². The predicted molar refractivity (Wildman–Crippen MR) is 130 cm³/mol. The molecule has 0 saturated heterocycles. The van der Waals surface area contributed by atoms with E-state index in [0.29, 0.717) is 24.5 Å². The molecule has 2 aromatic carbocycles. The highest BCUT2D eigenvalue weighted by atomic mass is 16.5. The molecule has 0 spiro atoms. The van der Waals surface area contributed by atoms with Crippen molar-refractivity contribution in [3.63, 3.8) is 0 Å². The summed E-state index contributed by atoms with van der Waals surface area (Å²) in [6, 6.07) is 13.8. The van der Waals surface area contributed by atoms with E-state index in [2.05, 4.69) is 38.2 Å². The summed E-state index contributed by atoms with van der Waals surface area (Å²) in [5.74, 6) is 0.593. The summed E-state index contributed by atoms with van der Waals surface area (Å²) in [5, 5.41) is 13.4. The van der Waals surface area contributed by atoms with Gasteiger partial charge in [0.05, 0.1) is 13.7 Å². The Bertz CT molecular complexity index is 1120. The molecular formula is C26H35N3O3. The van der Waals surface area contributed by atoms with E-state index in [4.69, 9.17) is 10.5 Å². The van der Waals surface area contributed by atoms with Crippen LogP contribution in [0.4, 0.5) is 5.69 Å². The predicted octanol–water partition coefficient (Wildman–Crippen LogP) is 4.33. The van der Waals surface area contributed by atoms with Gasteiger partial charge in [-0.2, -0.15) is 0 Å². The first-order valence-corrected chi connectivity index (χ1v) is 10.9. The van der Waals surface area contributed by atoms with Gasteiger partial charge in [-0.15, -0.1) is 0 Å². The van der Waals surface area contributed by atoms with Crippen LogP contribution in [0.3, 0.4) is 0 Å². The summed E-state index contributed by atoms with van der Waals surface area (Å²) in [4.78, 5) is 13.2. The van der Waals surface area contributed by atoms with Gasteiger partial charge in [-0.05, 0) is 47.4 Å². The Morgan fingerprint density at radius 2 is 1.81 bits per heavy atom. The van der Waals surface area contributed by atoms with Gasteiger partial charge < -0.3 is 25.5 Å². The van der Waals surface area contributed by atoms with E-state index >= 15 is 0 Å². The minimum Gasteiger partial charge on any atom is -0.496 e. The lowest BCUT2D eigenvalue weighted by atomic mass is 9.86. The Kier molecular flexibility index (Phi) is 6.56. The number of fused-ring (bicyclic) bond motifs is 1. The molecule has 3 rings (SSSR count). The summed E-state index contributed by atoms with van der Waals surface area (Å²) in [5.41, 5.74) is 9.91. The number of nitrogen functional groups attached to an aromatic ring is 1. The first-order valence-electron chi connectivity index (χ1n) is 10.9. The SMILES string of the molecule is COc1ccc(C(C)(C)C)cc1Cn1c(C(=O)NCC(C)(C)CO)cc2cc(N)ccc21. The first-order chi connectivity index (χ1) is 14.9. The monoisotopic (exact) mass is 437 g/mol. The molecule has 1 heterocycles. The number of ether oxygens (including phenoxy) is 1. The lowest BCUT2D eigenvalue weighted by molar-refractivity contribution is 0.0902. The second-order valence-electron chi connectivity index (χ2n) is 10.2. The van der Waals surface area contributed by atoms with Gasteiger partial charge in [-0.1, -0.05) is 40.7 Å². The summed E-state index contributed by atoms with van der Waals surface area (Å²) >= 11 is 0. The highest BCUT2D eigenvalue weighted by Gasteiger charge is 2.22. The molecule has 1 amide bonds. The molecule has 172 valence electrons. The topological polar surface area (TPSA) is 89.5 Å². The maximum Gasteiger partial charge on any atom is 0.267 e.